The van der Waals surface area contributed by atoms with Crippen molar-refractivity contribution in [1.29, 1.82) is 0 Å². The van der Waals surface area contributed by atoms with Crippen LogP contribution in [0.2, 0.25) is 0 Å². The predicted octanol–water partition coefficient (Wildman–Crippen LogP) is 4.34. The molecule has 0 N–H and O–H groups in total. The minimum Gasteiger partial charge on any atom is -0.423 e. The van der Waals surface area contributed by atoms with Crippen LogP contribution in [0, 0.1) is 0 Å². The van der Waals surface area contributed by atoms with Crippen molar-refractivity contribution in [3.8, 4) is 5.75 Å². The highest BCUT2D eigenvalue weighted by Gasteiger charge is 2.11. The van der Waals surface area contributed by atoms with Crippen LogP contribution in [-0.4, -0.2) is 5.97 Å². The summed E-state index contributed by atoms with van der Waals surface area (Å²) in [6, 6.07) is 13.5. The molecule has 0 saturated heterocycles. The largest absolute Gasteiger partial charge is 0.423 e. The van der Waals surface area contributed by atoms with Crippen LogP contribution in [-0.2, 0) is 6.42 Å². The van der Waals surface area contributed by atoms with Crippen molar-refractivity contribution in [3.63, 3.8) is 0 Å². The molecule has 0 amide bonds. The lowest BCUT2D eigenvalue weighted by Crippen LogP contribution is -2.08. The normalized spacial score (nSPS) is 10.7. The number of hydrogen-bond acceptors (Lipinski definition) is 4. The first-order valence-corrected chi connectivity index (χ1v) is 7.90. The summed E-state index contributed by atoms with van der Waals surface area (Å²) in [5, 5.41) is 0.842. The molecule has 116 valence electrons. The van der Waals surface area contributed by atoms with Gasteiger partial charge in [-0.1, -0.05) is 28.9 Å². The van der Waals surface area contributed by atoms with Gasteiger partial charge in [0.15, 0.2) is 0 Å². The summed E-state index contributed by atoms with van der Waals surface area (Å²) < 4.78 is 11.3. The Morgan fingerprint density at radius 2 is 2.00 bits per heavy atom. The summed E-state index contributed by atoms with van der Waals surface area (Å²) in [6.07, 6.45) is 0.722. The molecule has 0 aliphatic heterocycles. The molecule has 0 atom stereocenters. The molecular formula is C18H13BrO4. The van der Waals surface area contributed by atoms with Crippen LogP contribution < -0.4 is 10.4 Å². The molecule has 0 spiro atoms. The van der Waals surface area contributed by atoms with Crippen molar-refractivity contribution in [2.24, 2.45) is 0 Å². The Labute approximate surface area is 140 Å². The molecule has 3 rings (SSSR count). The third kappa shape index (κ3) is 3.35. The summed E-state index contributed by atoms with van der Waals surface area (Å²) in [6.45, 7) is 1.97. The molecule has 0 unspecified atom stereocenters. The summed E-state index contributed by atoms with van der Waals surface area (Å²) >= 11 is 3.31. The Hall–Kier alpha value is -2.40. The van der Waals surface area contributed by atoms with Gasteiger partial charge in [0.1, 0.15) is 11.3 Å². The Morgan fingerprint density at radius 3 is 2.74 bits per heavy atom. The van der Waals surface area contributed by atoms with Gasteiger partial charge in [-0.15, -0.1) is 0 Å². The summed E-state index contributed by atoms with van der Waals surface area (Å²) in [5.74, 6) is -0.140. The van der Waals surface area contributed by atoms with Crippen LogP contribution in [0.1, 0.15) is 22.8 Å². The quantitative estimate of drug-likeness (QED) is 0.389. The molecule has 0 aliphatic carbocycles. The van der Waals surface area contributed by atoms with E-state index in [0.717, 1.165) is 21.8 Å². The molecule has 0 saturated carbocycles. The third-order valence-electron chi connectivity index (χ3n) is 3.45. The van der Waals surface area contributed by atoms with E-state index in [-0.39, 0.29) is 0 Å². The maximum Gasteiger partial charge on any atom is 0.343 e. The van der Waals surface area contributed by atoms with Crippen LogP contribution >= 0.6 is 15.9 Å². The van der Waals surface area contributed by atoms with Crippen molar-refractivity contribution >= 4 is 32.9 Å². The van der Waals surface area contributed by atoms with Crippen LogP contribution in [0.3, 0.4) is 0 Å². The summed E-state index contributed by atoms with van der Waals surface area (Å²) in [7, 11) is 0. The molecule has 23 heavy (non-hydrogen) atoms. The molecule has 4 nitrogen and oxygen atoms in total. The summed E-state index contributed by atoms with van der Waals surface area (Å²) in [4.78, 5) is 23.7. The minimum atomic E-state index is -0.473. The Bertz CT molecular complexity index is 943. The van der Waals surface area contributed by atoms with Gasteiger partial charge in [0, 0.05) is 22.0 Å². The molecule has 2 aromatic carbocycles. The van der Waals surface area contributed by atoms with E-state index in [0.29, 0.717) is 16.9 Å². The Morgan fingerprint density at radius 1 is 1.17 bits per heavy atom. The van der Waals surface area contributed by atoms with E-state index in [2.05, 4.69) is 15.9 Å². The molecule has 1 aromatic heterocycles. The maximum absolute atomic E-state index is 12.2. The van der Waals surface area contributed by atoms with Crippen molar-refractivity contribution < 1.29 is 13.9 Å². The number of aryl methyl sites for hydroxylation is 1. The fourth-order valence-corrected chi connectivity index (χ4v) is 2.75. The smallest absolute Gasteiger partial charge is 0.343 e. The van der Waals surface area contributed by atoms with E-state index in [1.54, 1.807) is 36.4 Å². The second kappa shape index (κ2) is 6.38. The fourth-order valence-electron chi connectivity index (χ4n) is 2.35. The number of fused-ring (bicyclic) bond motifs is 1. The van der Waals surface area contributed by atoms with Gasteiger partial charge in [-0.05, 0) is 42.3 Å². The van der Waals surface area contributed by atoms with E-state index >= 15 is 0 Å². The number of esters is 1. The van der Waals surface area contributed by atoms with Gasteiger partial charge in [-0.25, -0.2) is 9.59 Å². The van der Waals surface area contributed by atoms with Crippen molar-refractivity contribution in [2.75, 3.05) is 0 Å². The van der Waals surface area contributed by atoms with Crippen LogP contribution in [0.4, 0.5) is 0 Å². The van der Waals surface area contributed by atoms with E-state index in [1.165, 1.54) is 6.07 Å². The molecule has 0 radical (unpaired) electrons. The van der Waals surface area contributed by atoms with E-state index in [4.69, 9.17) is 9.15 Å². The lowest BCUT2D eigenvalue weighted by Gasteiger charge is -2.07. The highest BCUT2D eigenvalue weighted by Crippen LogP contribution is 2.24. The molecule has 0 bridgehead atoms. The lowest BCUT2D eigenvalue weighted by molar-refractivity contribution is 0.0735. The lowest BCUT2D eigenvalue weighted by atomic mass is 10.1. The predicted molar refractivity (Wildman–Crippen MR) is 91.0 cm³/mol. The second-order valence-electron chi connectivity index (χ2n) is 5.00. The monoisotopic (exact) mass is 372 g/mol. The van der Waals surface area contributed by atoms with Gasteiger partial charge >= 0.3 is 11.6 Å². The fraction of sp³-hybridized carbons (Fsp3) is 0.111. The molecule has 5 heteroatoms. The SMILES string of the molecule is CCc1cc(=O)oc2cc(OC(=O)c3cccc(Br)c3)ccc12. The molecular weight excluding hydrogens is 360 g/mol. The number of benzene rings is 2. The Balaban J connectivity index is 1.95. The molecule has 3 aromatic rings. The first kappa shape index (κ1) is 15.5. The number of halogens is 1. The summed E-state index contributed by atoms with van der Waals surface area (Å²) in [5.41, 5.74) is 1.34. The highest BCUT2D eigenvalue weighted by atomic mass is 79.9. The molecule has 0 aliphatic rings. The number of carbonyl (C=O) groups excluding carboxylic acids is 1. The first-order chi connectivity index (χ1) is 11.1. The van der Waals surface area contributed by atoms with Gasteiger partial charge in [0.2, 0.25) is 0 Å². The minimum absolute atomic E-state index is 0.332. The van der Waals surface area contributed by atoms with Gasteiger partial charge in [-0.3, -0.25) is 0 Å². The average molecular weight is 373 g/mol. The van der Waals surface area contributed by atoms with Gasteiger partial charge in [0.05, 0.1) is 5.56 Å². The van der Waals surface area contributed by atoms with Crippen molar-refractivity contribution in [3.05, 3.63) is 74.6 Å². The molecule has 0 fully saturated rings. The standard InChI is InChI=1S/C18H13BrO4/c1-2-11-9-17(20)23-16-10-14(6-7-15(11)16)22-18(21)12-4-3-5-13(19)8-12/h3-10H,2H2,1H3. The number of carbonyl (C=O) groups is 1. The van der Waals surface area contributed by atoms with Gasteiger partial charge in [0.25, 0.3) is 0 Å². The second-order valence-corrected chi connectivity index (χ2v) is 5.92. The average Bonchev–Trinajstić information content (AvgIpc) is 2.53. The third-order valence-corrected chi connectivity index (χ3v) is 3.95. The van der Waals surface area contributed by atoms with E-state index in [9.17, 15) is 9.59 Å². The number of rotatable bonds is 3. The van der Waals surface area contributed by atoms with Crippen molar-refractivity contribution in [2.45, 2.75) is 13.3 Å². The highest BCUT2D eigenvalue weighted by molar-refractivity contribution is 9.10. The topological polar surface area (TPSA) is 56.5 Å². The van der Waals surface area contributed by atoms with Gasteiger partial charge < -0.3 is 9.15 Å². The van der Waals surface area contributed by atoms with Crippen LogP contribution in [0.15, 0.2) is 62.2 Å². The van der Waals surface area contributed by atoms with Gasteiger partial charge in [-0.2, -0.15) is 0 Å². The Kier molecular flexibility index (Phi) is 4.30. The maximum atomic E-state index is 12.2. The van der Waals surface area contributed by atoms with Crippen LogP contribution in [0.5, 0.6) is 5.75 Å². The zero-order chi connectivity index (χ0) is 16.4. The van der Waals surface area contributed by atoms with E-state index < -0.39 is 11.6 Å². The van der Waals surface area contributed by atoms with Crippen molar-refractivity contribution in [1.82, 2.24) is 0 Å². The zero-order valence-electron chi connectivity index (χ0n) is 12.3. The van der Waals surface area contributed by atoms with E-state index in [1.807, 2.05) is 13.0 Å². The first-order valence-electron chi connectivity index (χ1n) is 7.11. The zero-order valence-corrected chi connectivity index (χ0v) is 13.9. The molecule has 1 heterocycles. The number of ether oxygens (including phenoxy) is 1. The van der Waals surface area contributed by atoms with Crippen LogP contribution in [0.25, 0.3) is 11.0 Å². The number of hydrogen-bond donors (Lipinski definition) is 0.